The second-order valence-corrected chi connectivity index (χ2v) is 7.86. The number of thioether (sulfide) groups is 1. The number of methoxy groups -OCH3 is 1. The van der Waals surface area contributed by atoms with Gasteiger partial charge in [0.15, 0.2) is 0 Å². The Morgan fingerprint density at radius 1 is 1.10 bits per heavy atom. The number of carbonyl (C=O) groups is 3. The summed E-state index contributed by atoms with van der Waals surface area (Å²) in [6.45, 7) is 3.86. The average molecular weight is 410 g/mol. The minimum atomic E-state index is -0.471. The Labute approximate surface area is 173 Å². The SMILES string of the molecule is COc1ccc(/C=C2/SC(=O)N(CC(=O)Nc3ccc(C(C)C)cc3)C2=O)cc1. The first kappa shape index (κ1) is 20.7. The Kier molecular flexibility index (Phi) is 6.39. The van der Waals surface area contributed by atoms with Gasteiger partial charge >= 0.3 is 0 Å². The molecule has 150 valence electrons. The summed E-state index contributed by atoms with van der Waals surface area (Å²) in [7, 11) is 1.57. The van der Waals surface area contributed by atoms with E-state index in [4.69, 9.17) is 4.74 Å². The number of amides is 3. The number of hydrogen-bond acceptors (Lipinski definition) is 5. The number of imide groups is 1. The molecule has 0 radical (unpaired) electrons. The Morgan fingerprint density at radius 2 is 1.76 bits per heavy atom. The van der Waals surface area contributed by atoms with Crippen LogP contribution in [-0.2, 0) is 9.59 Å². The molecule has 0 saturated carbocycles. The monoisotopic (exact) mass is 410 g/mol. The van der Waals surface area contributed by atoms with Crippen LogP contribution in [0.5, 0.6) is 5.75 Å². The number of benzene rings is 2. The van der Waals surface area contributed by atoms with E-state index in [1.807, 2.05) is 24.3 Å². The van der Waals surface area contributed by atoms with Crippen molar-refractivity contribution in [2.24, 2.45) is 0 Å². The summed E-state index contributed by atoms with van der Waals surface area (Å²) in [6.07, 6.45) is 1.63. The predicted octanol–water partition coefficient (Wildman–Crippen LogP) is 4.49. The van der Waals surface area contributed by atoms with E-state index in [2.05, 4.69) is 19.2 Å². The molecule has 2 aromatic rings. The molecule has 1 aliphatic rings. The molecule has 29 heavy (non-hydrogen) atoms. The first-order valence-electron chi connectivity index (χ1n) is 9.16. The summed E-state index contributed by atoms with van der Waals surface area (Å²) in [5.41, 5.74) is 2.56. The first-order valence-corrected chi connectivity index (χ1v) is 9.98. The molecule has 0 bridgehead atoms. The second kappa shape index (κ2) is 8.96. The van der Waals surface area contributed by atoms with Crippen LogP contribution >= 0.6 is 11.8 Å². The number of anilines is 1. The van der Waals surface area contributed by atoms with Gasteiger partial charge in [0.2, 0.25) is 5.91 Å². The van der Waals surface area contributed by atoms with Gasteiger partial charge in [-0.25, -0.2) is 0 Å². The molecule has 1 aliphatic heterocycles. The van der Waals surface area contributed by atoms with E-state index in [0.717, 1.165) is 27.8 Å². The highest BCUT2D eigenvalue weighted by Crippen LogP contribution is 2.32. The van der Waals surface area contributed by atoms with Crippen molar-refractivity contribution >= 4 is 40.6 Å². The third-order valence-corrected chi connectivity index (χ3v) is 5.36. The van der Waals surface area contributed by atoms with Crippen molar-refractivity contribution in [1.82, 2.24) is 4.90 Å². The van der Waals surface area contributed by atoms with Crippen molar-refractivity contribution in [2.75, 3.05) is 19.0 Å². The molecular formula is C22H22N2O4S. The largest absolute Gasteiger partial charge is 0.497 e. The average Bonchev–Trinajstić information content (AvgIpc) is 2.96. The fourth-order valence-corrected chi connectivity index (χ4v) is 3.62. The number of nitrogens with zero attached hydrogens (tertiary/aromatic N) is 1. The molecule has 1 N–H and O–H groups in total. The maximum Gasteiger partial charge on any atom is 0.294 e. The van der Waals surface area contributed by atoms with Crippen molar-refractivity contribution in [2.45, 2.75) is 19.8 Å². The fourth-order valence-electron chi connectivity index (χ4n) is 2.78. The minimum Gasteiger partial charge on any atom is -0.497 e. The van der Waals surface area contributed by atoms with Gasteiger partial charge in [0.05, 0.1) is 12.0 Å². The van der Waals surface area contributed by atoms with Crippen LogP contribution in [0, 0.1) is 0 Å². The molecule has 0 spiro atoms. The Hall–Kier alpha value is -3.06. The van der Waals surface area contributed by atoms with Crippen LogP contribution in [0.1, 0.15) is 30.9 Å². The number of hydrogen-bond donors (Lipinski definition) is 1. The van der Waals surface area contributed by atoms with Gasteiger partial charge in [-0.15, -0.1) is 0 Å². The molecule has 0 aromatic heterocycles. The molecule has 3 rings (SSSR count). The highest BCUT2D eigenvalue weighted by atomic mass is 32.2. The summed E-state index contributed by atoms with van der Waals surface area (Å²) in [5.74, 6) is 0.206. The van der Waals surface area contributed by atoms with E-state index < -0.39 is 17.1 Å². The first-order chi connectivity index (χ1) is 13.9. The highest BCUT2D eigenvalue weighted by Gasteiger charge is 2.36. The zero-order chi connectivity index (χ0) is 21.0. The van der Waals surface area contributed by atoms with Crippen molar-refractivity contribution in [1.29, 1.82) is 0 Å². The van der Waals surface area contributed by atoms with Crippen LogP contribution in [0.25, 0.3) is 6.08 Å². The van der Waals surface area contributed by atoms with Gasteiger partial charge < -0.3 is 10.1 Å². The molecule has 0 unspecified atom stereocenters. The third kappa shape index (κ3) is 5.06. The molecular weight excluding hydrogens is 388 g/mol. The summed E-state index contributed by atoms with van der Waals surface area (Å²) in [6, 6.07) is 14.6. The minimum absolute atomic E-state index is 0.286. The van der Waals surface area contributed by atoms with Crippen LogP contribution in [0.3, 0.4) is 0 Å². The van der Waals surface area contributed by atoms with Crippen molar-refractivity contribution in [3.8, 4) is 5.75 Å². The lowest BCUT2D eigenvalue weighted by atomic mass is 10.0. The predicted molar refractivity (Wildman–Crippen MR) is 115 cm³/mol. The van der Waals surface area contributed by atoms with E-state index in [1.54, 1.807) is 37.5 Å². The molecule has 2 aromatic carbocycles. The second-order valence-electron chi connectivity index (χ2n) is 6.87. The maximum absolute atomic E-state index is 12.6. The van der Waals surface area contributed by atoms with Crippen LogP contribution in [0.2, 0.25) is 0 Å². The van der Waals surface area contributed by atoms with Gasteiger partial charge in [-0.3, -0.25) is 19.3 Å². The van der Waals surface area contributed by atoms with Gasteiger partial charge in [0.1, 0.15) is 12.3 Å². The number of ether oxygens (including phenoxy) is 1. The lowest BCUT2D eigenvalue weighted by molar-refractivity contribution is -0.127. The number of carbonyl (C=O) groups excluding carboxylic acids is 3. The van der Waals surface area contributed by atoms with Crippen LogP contribution in [-0.4, -0.2) is 35.6 Å². The zero-order valence-corrected chi connectivity index (χ0v) is 17.3. The van der Waals surface area contributed by atoms with Crippen molar-refractivity contribution < 1.29 is 19.1 Å². The molecule has 7 heteroatoms. The Balaban J connectivity index is 1.64. The quantitative estimate of drug-likeness (QED) is 0.710. The van der Waals surface area contributed by atoms with Crippen LogP contribution in [0.15, 0.2) is 53.4 Å². The number of rotatable bonds is 6. The zero-order valence-electron chi connectivity index (χ0n) is 16.5. The third-order valence-electron chi connectivity index (χ3n) is 4.45. The van der Waals surface area contributed by atoms with Gasteiger partial charge in [-0.2, -0.15) is 0 Å². The van der Waals surface area contributed by atoms with Gasteiger partial charge in [-0.05, 0) is 59.1 Å². The highest BCUT2D eigenvalue weighted by molar-refractivity contribution is 8.18. The van der Waals surface area contributed by atoms with Gasteiger partial charge in [-0.1, -0.05) is 38.1 Å². The molecule has 1 fully saturated rings. The maximum atomic E-state index is 12.6. The van der Waals surface area contributed by atoms with E-state index in [9.17, 15) is 14.4 Å². The summed E-state index contributed by atoms with van der Waals surface area (Å²) in [4.78, 5) is 38.3. The Bertz CT molecular complexity index is 950. The van der Waals surface area contributed by atoms with Gasteiger partial charge in [0.25, 0.3) is 11.1 Å². The van der Waals surface area contributed by atoms with E-state index in [1.165, 1.54) is 0 Å². The summed E-state index contributed by atoms with van der Waals surface area (Å²) < 4.78 is 5.11. The lowest BCUT2D eigenvalue weighted by Gasteiger charge is -2.13. The fraction of sp³-hybridized carbons (Fsp3) is 0.227. The molecule has 1 heterocycles. The normalized spacial score (nSPS) is 15.3. The standard InChI is InChI=1S/C22H22N2O4S/c1-14(2)16-6-8-17(9-7-16)23-20(25)13-24-21(26)19(29-22(24)27)12-15-4-10-18(28-3)11-5-15/h4-12,14H,13H2,1-3H3,(H,23,25)/b19-12+. The topological polar surface area (TPSA) is 75.7 Å². The molecule has 0 atom stereocenters. The van der Waals surface area contributed by atoms with Crippen molar-refractivity contribution in [3.05, 3.63) is 64.6 Å². The molecule has 0 aliphatic carbocycles. The molecule has 1 saturated heterocycles. The lowest BCUT2D eigenvalue weighted by Crippen LogP contribution is -2.36. The summed E-state index contributed by atoms with van der Waals surface area (Å²) in [5, 5.41) is 2.27. The van der Waals surface area contributed by atoms with E-state index in [-0.39, 0.29) is 11.4 Å². The molecule has 6 nitrogen and oxygen atoms in total. The van der Waals surface area contributed by atoms with E-state index >= 15 is 0 Å². The van der Waals surface area contributed by atoms with Crippen LogP contribution < -0.4 is 10.1 Å². The molecule has 3 amide bonds. The van der Waals surface area contributed by atoms with Crippen LogP contribution in [0.4, 0.5) is 10.5 Å². The van der Waals surface area contributed by atoms with E-state index in [0.29, 0.717) is 17.4 Å². The van der Waals surface area contributed by atoms with Gasteiger partial charge in [0, 0.05) is 5.69 Å². The van der Waals surface area contributed by atoms with Crippen molar-refractivity contribution in [3.63, 3.8) is 0 Å². The summed E-state index contributed by atoms with van der Waals surface area (Å²) >= 11 is 0.827. The number of nitrogens with one attached hydrogen (secondary N) is 1. The smallest absolute Gasteiger partial charge is 0.294 e. The Morgan fingerprint density at radius 3 is 2.34 bits per heavy atom.